The summed E-state index contributed by atoms with van der Waals surface area (Å²) in [5.74, 6) is 2.31. The lowest BCUT2D eigenvalue weighted by molar-refractivity contribution is -0.157. The summed E-state index contributed by atoms with van der Waals surface area (Å²) in [5.41, 5.74) is 2.71. The Kier molecular flexibility index (Phi) is 4.23. The number of benzene rings is 2. The fraction of sp³-hybridized carbons (Fsp3) is 0.364. The second-order valence-electron chi connectivity index (χ2n) is 7.64. The number of carbonyl (C=O) groups excluding carboxylic acids is 2. The lowest BCUT2D eigenvalue weighted by Crippen LogP contribution is -2.62. The number of likely N-dealkylation sites (N-methyl/N-ethyl adjacent to an activating group) is 1. The van der Waals surface area contributed by atoms with Gasteiger partial charge in [0.05, 0.1) is 26.8 Å². The molecule has 8 heteroatoms. The average molecular weight is 410 g/mol. The molecule has 0 N–H and O–H groups in total. The van der Waals surface area contributed by atoms with E-state index in [0.717, 1.165) is 16.7 Å². The number of hydrogen-bond acceptors (Lipinski definition) is 6. The predicted octanol–water partition coefficient (Wildman–Crippen LogP) is 1.75. The van der Waals surface area contributed by atoms with Crippen LogP contribution in [0.5, 0.6) is 23.0 Å². The number of piperazine rings is 1. The summed E-state index contributed by atoms with van der Waals surface area (Å²) in [7, 11) is 4.82. The summed E-state index contributed by atoms with van der Waals surface area (Å²) in [6, 6.07) is 8.41. The normalized spacial score (nSPS) is 22.0. The maximum Gasteiger partial charge on any atom is 0.245 e. The summed E-state index contributed by atoms with van der Waals surface area (Å²) in [4.78, 5) is 29.3. The van der Waals surface area contributed by atoms with Crippen LogP contribution >= 0.6 is 0 Å². The van der Waals surface area contributed by atoms with Gasteiger partial charge >= 0.3 is 0 Å². The van der Waals surface area contributed by atoms with Crippen molar-refractivity contribution in [3.8, 4) is 23.0 Å². The zero-order valence-corrected chi connectivity index (χ0v) is 17.0. The first kappa shape index (κ1) is 18.6. The molecule has 30 heavy (non-hydrogen) atoms. The number of amides is 2. The Hall–Kier alpha value is -3.42. The minimum atomic E-state index is -0.572. The van der Waals surface area contributed by atoms with E-state index in [1.54, 1.807) is 26.2 Å². The lowest BCUT2D eigenvalue weighted by atomic mass is 9.82. The standard InChI is InChI=1S/C22H22N2O6/c1-23-10-20(25)24-15(22(23)26)6-13-8-17(27-2)18(28-3)9-14(13)21(24)12-4-5-16-19(7-12)30-11-29-16/h4-5,7-9,15,21H,6,10-11H2,1-3H3/t15-,21+/m0/s1. The highest BCUT2D eigenvalue weighted by atomic mass is 16.7. The number of carbonyl (C=O) groups is 2. The van der Waals surface area contributed by atoms with Crippen molar-refractivity contribution in [2.24, 2.45) is 0 Å². The molecule has 156 valence electrons. The van der Waals surface area contributed by atoms with Crippen LogP contribution < -0.4 is 18.9 Å². The van der Waals surface area contributed by atoms with Gasteiger partial charge in [-0.2, -0.15) is 0 Å². The number of hydrogen-bond donors (Lipinski definition) is 0. The molecule has 3 aliphatic rings. The van der Waals surface area contributed by atoms with Crippen molar-refractivity contribution < 1.29 is 28.5 Å². The van der Waals surface area contributed by atoms with E-state index in [0.29, 0.717) is 29.4 Å². The van der Waals surface area contributed by atoms with Crippen molar-refractivity contribution in [3.63, 3.8) is 0 Å². The van der Waals surface area contributed by atoms with E-state index in [1.807, 2.05) is 30.3 Å². The van der Waals surface area contributed by atoms with Gasteiger partial charge < -0.3 is 28.7 Å². The van der Waals surface area contributed by atoms with Gasteiger partial charge in [-0.05, 0) is 41.0 Å². The summed E-state index contributed by atoms with van der Waals surface area (Å²) >= 11 is 0. The number of ether oxygens (including phenoxy) is 4. The SMILES string of the molecule is COc1cc2c(cc1OC)[C@@H](c1ccc3c(c1)OCO3)N1C(=O)CN(C)C(=O)[C@@H]1C2. The molecule has 2 aromatic carbocycles. The third-order valence-corrected chi connectivity index (χ3v) is 6.00. The second-order valence-corrected chi connectivity index (χ2v) is 7.64. The molecule has 0 bridgehead atoms. The number of methoxy groups -OCH3 is 2. The minimum absolute atomic E-state index is 0.0546. The summed E-state index contributed by atoms with van der Waals surface area (Å²) in [6.45, 7) is 0.221. The smallest absolute Gasteiger partial charge is 0.245 e. The number of fused-ring (bicyclic) bond motifs is 3. The van der Waals surface area contributed by atoms with Crippen LogP contribution in [0.25, 0.3) is 0 Å². The molecule has 0 aromatic heterocycles. The molecule has 8 nitrogen and oxygen atoms in total. The molecule has 0 spiro atoms. The third kappa shape index (κ3) is 2.67. The zero-order valence-electron chi connectivity index (χ0n) is 17.0. The van der Waals surface area contributed by atoms with Crippen molar-refractivity contribution in [2.45, 2.75) is 18.5 Å². The van der Waals surface area contributed by atoms with Gasteiger partial charge in [0.15, 0.2) is 23.0 Å². The first-order valence-corrected chi connectivity index (χ1v) is 9.72. The van der Waals surface area contributed by atoms with Crippen LogP contribution in [0.1, 0.15) is 22.7 Å². The van der Waals surface area contributed by atoms with E-state index in [9.17, 15) is 9.59 Å². The molecular weight excluding hydrogens is 388 g/mol. The third-order valence-electron chi connectivity index (χ3n) is 6.00. The van der Waals surface area contributed by atoms with E-state index < -0.39 is 12.1 Å². The van der Waals surface area contributed by atoms with E-state index >= 15 is 0 Å². The molecule has 2 aromatic rings. The lowest BCUT2D eigenvalue weighted by Gasteiger charge is -2.47. The molecule has 0 aliphatic carbocycles. The van der Waals surface area contributed by atoms with Gasteiger partial charge in [-0.15, -0.1) is 0 Å². The molecule has 0 radical (unpaired) electrons. The van der Waals surface area contributed by atoms with Crippen molar-refractivity contribution >= 4 is 11.8 Å². The van der Waals surface area contributed by atoms with Gasteiger partial charge in [-0.1, -0.05) is 6.07 Å². The quantitative estimate of drug-likeness (QED) is 0.767. The highest BCUT2D eigenvalue weighted by Gasteiger charge is 2.46. The van der Waals surface area contributed by atoms with E-state index in [-0.39, 0.29) is 25.2 Å². The molecule has 2 amide bonds. The Morgan fingerprint density at radius 1 is 1.00 bits per heavy atom. The van der Waals surface area contributed by atoms with Crippen LogP contribution in [0, 0.1) is 0 Å². The van der Waals surface area contributed by atoms with Crippen molar-refractivity contribution in [1.82, 2.24) is 9.80 Å². The molecular formula is C22H22N2O6. The van der Waals surface area contributed by atoms with Gasteiger partial charge in [-0.25, -0.2) is 0 Å². The summed E-state index contributed by atoms with van der Waals surface area (Å²) in [6.07, 6.45) is 0.422. The van der Waals surface area contributed by atoms with Crippen molar-refractivity contribution in [2.75, 3.05) is 34.6 Å². The van der Waals surface area contributed by atoms with Crippen LogP contribution in [0.2, 0.25) is 0 Å². The average Bonchev–Trinajstić information content (AvgIpc) is 3.23. The van der Waals surface area contributed by atoms with Gasteiger partial charge in [0.2, 0.25) is 18.6 Å². The van der Waals surface area contributed by atoms with Crippen LogP contribution in [0.3, 0.4) is 0 Å². The van der Waals surface area contributed by atoms with Gasteiger partial charge in [0.1, 0.15) is 6.04 Å². The Labute approximate surface area is 173 Å². The maximum absolute atomic E-state index is 13.1. The Bertz CT molecular complexity index is 1050. The minimum Gasteiger partial charge on any atom is -0.493 e. The molecule has 3 aliphatic heterocycles. The molecule has 2 atom stereocenters. The van der Waals surface area contributed by atoms with E-state index in [2.05, 4.69) is 0 Å². The maximum atomic E-state index is 13.1. The Morgan fingerprint density at radius 2 is 1.73 bits per heavy atom. The topological polar surface area (TPSA) is 77.5 Å². The summed E-state index contributed by atoms with van der Waals surface area (Å²) in [5, 5.41) is 0. The van der Waals surface area contributed by atoms with Gasteiger partial charge in [0.25, 0.3) is 0 Å². The molecule has 1 saturated heterocycles. The molecule has 5 rings (SSSR count). The fourth-order valence-corrected chi connectivity index (χ4v) is 4.57. The Balaban J connectivity index is 1.71. The van der Waals surface area contributed by atoms with Crippen molar-refractivity contribution in [1.29, 1.82) is 0 Å². The molecule has 1 fully saturated rings. The molecule has 0 saturated carbocycles. The highest BCUT2D eigenvalue weighted by molar-refractivity contribution is 5.96. The van der Waals surface area contributed by atoms with Crippen LogP contribution in [-0.4, -0.2) is 62.3 Å². The summed E-state index contributed by atoms with van der Waals surface area (Å²) < 4.78 is 22.0. The van der Waals surface area contributed by atoms with Crippen molar-refractivity contribution in [3.05, 3.63) is 47.0 Å². The first-order chi connectivity index (χ1) is 14.5. The number of nitrogens with zero attached hydrogens (tertiary/aromatic N) is 2. The van der Waals surface area contributed by atoms with E-state index in [4.69, 9.17) is 18.9 Å². The van der Waals surface area contributed by atoms with Gasteiger partial charge in [-0.3, -0.25) is 9.59 Å². The molecule has 3 heterocycles. The largest absolute Gasteiger partial charge is 0.493 e. The van der Waals surface area contributed by atoms with Crippen LogP contribution in [0.4, 0.5) is 0 Å². The first-order valence-electron chi connectivity index (χ1n) is 9.72. The Morgan fingerprint density at radius 3 is 2.50 bits per heavy atom. The fourth-order valence-electron chi connectivity index (χ4n) is 4.57. The van der Waals surface area contributed by atoms with Crippen LogP contribution in [-0.2, 0) is 16.0 Å². The van der Waals surface area contributed by atoms with E-state index in [1.165, 1.54) is 4.90 Å². The monoisotopic (exact) mass is 410 g/mol. The van der Waals surface area contributed by atoms with Gasteiger partial charge in [0, 0.05) is 13.5 Å². The predicted molar refractivity (Wildman–Crippen MR) is 106 cm³/mol. The highest BCUT2D eigenvalue weighted by Crippen LogP contribution is 2.46. The van der Waals surface area contributed by atoms with Crippen LogP contribution in [0.15, 0.2) is 30.3 Å². The zero-order chi connectivity index (χ0) is 21.0. The number of rotatable bonds is 3. The second kappa shape index (κ2) is 6.83. The molecule has 0 unspecified atom stereocenters.